The summed E-state index contributed by atoms with van der Waals surface area (Å²) >= 11 is 0. The number of allylic oxidation sites excluding steroid dienone is 4. The van der Waals surface area contributed by atoms with Crippen molar-refractivity contribution in [3.05, 3.63) is 30.7 Å². The molecule has 0 aromatic heterocycles. The van der Waals surface area contributed by atoms with Crippen molar-refractivity contribution in [2.75, 3.05) is 0 Å². The van der Waals surface area contributed by atoms with E-state index in [4.69, 9.17) is 9.90 Å². The smallest absolute Gasteiger partial charge is 1.00 e. The molecular formula is C15H17F5O2Ti. The normalized spacial score (nSPS) is 30.2. The van der Waals surface area contributed by atoms with Crippen molar-refractivity contribution in [3.8, 4) is 0 Å². The third-order valence-electron chi connectivity index (χ3n) is 4.29. The molecule has 0 aromatic carbocycles. The molecule has 0 aromatic rings. The van der Waals surface area contributed by atoms with E-state index in [0.717, 1.165) is 23.7 Å². The first-order valence-electron chi connectivity index (χ1n) is 6.88. The van der Waals surface area contributed by atoms with Gasteiger partial charge in [0.1, 0.15) is 5.97 Å². The molecule has 0 heterocycles. The maximum absolute atomic E-state index is 10.5. The van der Waals surface area contributed by atoms with E-state index in [2.05, 4.69) is 30.7 Å². The molecule has 0 radical (unpaired) electrons. The minimum absolute atomic E-state index is 0. The van der Waals surface area contributed by atoms with Crippen molar-refractivity contribution >= 4 is 5.97 Å². The van der Waals surface area contributed by atoms with Gasteiger partial charge in [-0.2, -0.15) is 19.1 Å². The largest absolute Gasteiger partial charge is 4.00 e. The van der Waals surface area contributed by atoms with Crippen LogP contribution in [-0.4, -0.2) is 12.1 Å². The van der Waals surface area contributed by atoms with Crippen LogP contribution in [0.1, 0.15) is 25.7 Å². The summed E-state index contributed by atoms with van der Waals surface area (Å²) in [7, 11) is 0. The molecule has 2 nitrogen and oxygen atoms in total. The molecule has 3 aliphatic rings. The zero-order chi connectivity index (χ0) is 14.8. The van der Waals surface area contributed by atoms with Crippen LogP contribution < -0.4 is 14.5 Å². The van der Waals surface area contributed by atoms with Crippen LogP contribution in [0.2, 0.25) is 0 Å². The fourth-order valence-corrected chi connectivity index (χ4v) is 3.45. The maximum Gasteiger partial charge on any atom is 4.00 e. The summed E-state index contributed by atoms with van der Waals surface area (Å²) in [5.41, 5.74) is 0. The van der Waals surface area contributed by atoms with Gasteiger partial charge in [0.05, 0.1) is 0 Å². The maximum atomic E-state index is 10.5. The molecule has 3 aliphatic carbocycles. The summed E-state index contributed by atoms with van der Waals surface area (Å²) < 4.78 is 31.5. The Kier molecular flexibility index (Phi) is 10.9. The van der Waals surface area contributed by atoms with Crippen molar-refractivity contribution in [1.82, 2.24) is 0 Å². The van der Waals surface area contributed by atoms with E-state index < -0.39 is 12.1 Å². The quantitative estimate of drug-likeness (QED) is 0.254. The number of halogens is 5. The molecule has 0 saturated heterocycles. The van der Waals surface area contributed by atoms with Crippen LogP contribution in [0.3, 0.4) is 0 Å². The number of fused-ring (bicyclic) bond motifs is 3. The monoisotopic (exact) mass is 372 g/mol. The van der Waals surface area contributed by atoms with E-state index in [9.17, 15) is 13.2 Å². The van der Waals surface area contributed by atoms with Crippen LogP contribution in [0.25, 0.3) is 0 Å². The number of carbonyl (C=O) groups is 1. The Morgan fingerprint density at radius 2 is 1.61 bits per heavy atom. The van der Waals surface area contributed by atoms with Gasteiger partial charge >= 0.3 is 27.9 Å². The summed E-state index contributed by atoms with van der Waals surface area (Å²) in [4.78, 5) is 8.78. The van der Waals surface area contributed by atoms with Crippen molar-refractivity contribution < 1.29 is 54.2 Å². The van der Waals surface area contributed by atoms with Crippen LogP contribution in [-0.2, 0) is 26.5 Å². The molecule has 0 N–H and O–H groups in total. The fourth-order valence-electron chi connectivity index (χ4n) is 3.45. The van der Waals surface area contributed by atoms with Gasteiger partial charge in [0.25, 0.3) is 0 Å². The van der Waals surface area contributed by atoms with Gasteiger partial charge in [-0.05, 0) is 5.92 Å². The van der Waals surface area contributed by atoms with Gasteiger partial charge in [0.2, 0.25) is 0 Å². The fraction of sp³-hybridized carbons (Fsp3) is 0.600. The Morgan fingerprint density at radius 1 is 1.09 bits per heavy atom. The van der Waals surface area contributed by atoms with Crippen molar-refractivity contribution in [3.63, 3.8) is 0 Å². The summed E-state index contributed by atoms with van der Waals surface area (Å²) in [5, 5.41) is 8.78. The molecule has 4 atom stereocenters. The van der Waals surface area contributed by atoms with Gasteiger partial charge in [-0.15, -0.1) is 12.0 Å². The van der Waals surface area contributed by atoms with E-state index >= 15 is 0 Å². The van der Waals surface area contributed by atoms with E-state index in [1.54, 1.807) is 0 Å². The molecule has 2 saturated carbocycles. The number of carboxylic acids is 1. The van der Waals surface area contributed by atoms with Gasteiger partial charge in [0.15, 0.2) is 0 Å². The Hall–Kier alpha value is -0.686. The average Bonchev–Trinajstić information content (AvgIpc) is 2.77. The van der Waals surface area contributed by atoms with E-state index in [1.165, 1.54) is 25.7 Å². The Balaban J connectivity index is 0. The van der Waals surface area contributed by atoms with Crippen molar-refractivity contribution in [2.24, 2.45) is 23.7 Å². The molecule has 23 heavy (non-hydrogen) atoms. The van der Waals surface area contributed by atoms with E-state index in [1.807, 2.05) is 0 Å². The predicted octanol–water partition coefficient (Wildman–Crippen LogP) is -3.33. The van der Waals surface area contributed by atoms with Gasteiger partial charge < -0.3 is 25.7 Å². The molecule has 0 amide bonds. The predicted molar refractivity (Wildman–Crippen MR) is 66.1 cm³/mol. The number of hydrogen-bond acceptors (Lipinski definition) is 2. The number of alkyl halides is 3. The van der Waals surface area contributed by atoms with Gasteiger partial charge in [-0.1, -0.05) is 49.8 Å². The van der Waals surface area contributed by atoms with Gasteiger partial charge in [0, 0.05) is 0 Å². The molecule has 0 bridgehead atoms. The van der Waals surface area contributed by atoms with Crippen LogP contribution in [0.4, 0.5) is 13.2 Å². The minimum atomic E-state index is -5.19. The van der Waals surface area contributed by atoms with E-state index in [0.29, 0.717) is 0 Å². The van der Waals surface area contributed by atoms with Crippen LogP contribution in [0, 0.1) is 30.1 Å². The molecule has 0 spiro atoms. The van der Waals surface area contributed by atoms with Crippen LogP contribution in [0.5, 0.6) is 0 Å². The van der Waals surface area contributed by atoms with E-state index in [-0.39, 0.29) is 31.1 Å². The summed E-state index contributed by atoms with van der Waals surface area (Å²) in [5.74, 6) is 0.553. The minimum Gasteiger partial charge on any atom is -1.00 e. The number of carbonyl (C=O) groups excluding carboxylic acids is 1. The molecular weight excluding hydrogens is 355 g/mol. The number of aliphatic carboxylic acids is 1. The van der Waals surface area contributed by atoms with Gasteiger partial charge in [-0.25, -0.2) is 0 Å². The number of hydrogen-bond donors (Lipinski definition) is 0. The molecule has 8 heteroatoms. The average molecular weight is 372 g/mol. The summed E-state index contributed by atoms with van der Waals surface area (Å²) in [6, 6.07) is 0. The summed E-state index contributed by atoms with van der Waals surface area (Å²) in [6.45, 7) is 0. The number of rotatable bonds is 0. The SMILES string of the molecule is C1=CC2[CH-]C3CCCCC3C2C=C1.O=C([O-])C(F)(F)F.[F-].[F-].[Ti+4]. The second-order valence-electron chi connectivity index (χ2n) is 5.51. The summed E-state index contributed by atoms with van der Waals surface area (Å²) in [6.07, 6.45) is 12.6. The Morgan fingerprint density at radius 3 is 2.17 bits per heavy atom. The molecule has 0 aliphatic heterocycles. The zero-order valence-electron chi connectivity index (χ0n) is 12.2. The Labute approximate surface area is 146 Å². The number of carboxylic acid groups (broad SMARTS) is 1. The van der Waals surface area contributed by atoms with Crippen molar-refractivity contribution in [2.45, 2.75) is 31.9 Å². The molecule has 3 rings (SSSR count). The van der Waals surface area contributed by atoms with Crippen LogP contribution in [0.15, 0.2) is 24.3 Å². The second kappa shape index (κ2) is 10.2. The third kappa shape index (κ3) is 6.38. The molecule has 128 valence electrons. The molecule has 4 unspecified atom stereocenters. The first-order chi connectivity index (χ1) is 9.39. The topological polar surface area (TPSA) is 40.1 Å². The van der Waals surface area contributed by atoms with Crippen LogP contribution >= 0.6 is 0 Å². The zero-order valence-corrected chi connectivity index (χ0v) is 13.8. The second-order valence-corrected chi connectivity index (χ2v) is 5.51. The first kappa shape index (κ1) is 24.6. The molecule has 2 fully saturated rings. The van der Waals surface area contributed by atoms with Crippen molar-refractivity contribution in [1.29, 1.82) is 0 Å². The first-order valence-corrected chi connectivity index (χ1v) is 6.88. The Bertz CT molecular complexity index is 423. The standard InChI is InChI=1S/C13H17.C2HF3O2.2FH.Ti/c1-3-7-12-10(5-1)9-11-6-2-4-8-13(11)12;3-2(4,5)1(6)7;;;/h1,3,5,7,9-13H,2,4,6,8H2;(H,6,7);2*1H;/q-1;;;;+4/p-3. The third-order valence-corrected chi connectivity index (χ3v) is 4.29. The van der Waals surface area contributed by atoms with Gasteiger partial charge in [-0.3, -0.25) is 0 Å².